The largest absolute Gasteiger partial charge is 0.384 e. The summed E-state index contributed by atoms with van der Waals surface area (Å²) in [5.41, 5.74) is 1.54. The summed E-state index contributed by atoms with van der Waals surface area (Å²) in [5.74, 6) is 5.02. The van der Waals surface area contributed by atoms with Crippen LogP contribution in [-0.2, 0) is 6.54 Å². The van der Waals surface area contributed by atoms with E-state index in [0.29, 0.717) is 11.6 Å². The third-order valence-corrected chi connectivity index (χ3v) is 3.28. The number of nitrogens with zero attached hydrogens (tertiary/aromatic N) is 1. The van der Waals surface area contributed by atoms with Crippen LogP contribution in [0, 0.1) is 17.7 Å². The molecule has 1 atom stereocenters. The van der Waals surface area contributed by atoms with Crippen LogP contribution in [0.5, 0.6) is 0 Å². The molecule has 0 aliphatic carbocycles. The van der Waals surface area contributed by atoms with E-state index in [2.05, 4.69) is 37.5 Å². The Morgan fingerprint density at radius 2 is 2.05 bits per heavy atom. The van der Waals surface area contributed by atoms with Gasteiger partial charge in [-0.25, -0.2) is 4.39 Å². The predicted molar refractivity (Wildman–Crippen MR) is 76.2 cm³/mol. The van der Waals surface area contributed by atoms with Crippen molar-refractivity contribution >= 4 is 0 Å². The number of halogens is 1. The number of benzene rings is 1. The Bertz CT molecular complexity index is 462. The van der Waals surface area contributed by atoms with Crippen LogP contribution < -0.4 is 0 Å². The third kappa shape index (κ3) is 5.02. The second-order valence-corrected chi connectivity index (χ2v) is 4.63. The normalized spacial score (nSPS) is 12.1. The maximum absolute atomic E-state index is 13.5. The van der Waals surface area contributed by atoms with Gasteiger partial charge in [0.15, 0.2) is 0 Å². The van der Waals surface area contributed by atoms with Crippen molar-refractivity contribution in [1.29, 1.82) is 0 Å². The van der Waals surface area contributed by atoms with Crippen LogP contribution in [-0.4, -0.2) is 29.2 Å². The van der Waals surface area contributed by atoms with Crippen LogP contribution in [0.2, 0.25) is 0 Å². The van der Waals surface area contributed by atoms with Gasteiger partial charge < -0.3 is 5.11 Å². The topological polar surface area (TPSA) is 23.5 Å². The molecular weight excluding hydrogens is 241 g/mol. The van der Waals surface area contributed by atoms with Crippen LogP contribution in [0.15, 0.2) is 18.2 Å². The van der Waals surface area contributed by atoms with Gasteiger partial charge in [-0.2, -0.15) is 0 Å². The van der Waals surface area contributed by atoms with E-state index >= 15 is 0 Å². The van der Waals surface area contributed by atoms with Gasteiger partial charge in [-0.15, -0.1) is 0 Å². The van der Waals surface area contributed by atoms with E-state index in [1.165, 1.54) is 6.07 Å². The van der Waals surface area contributed by atoms with E-state index in [1.54, 1.807) is 6.07 Å². The van der Waals surface area contributed by atoms with Crippen LogP contribution in [0.1, 0.15) is 38.3 Å². The van der Waals surface area contributed by atoms with Crippen molar-refractivity contribution < 1.29 is 9.50 Å². The lowest BCUT2D eigenvalue weighted by Gasteiger charge is -2.27. The minimum atomic E-state index is -0.278. The maximum Gasteiger partial charge on any atom is 0.124 e. The molecular formula is C16H22FNO. The zero-order valence-corrected chi connectivity index (χ0v) is 11.9. The van der Waals surface area contributed by atoms with Gasteiger partial charge >= 0.3 is 0 Å². The summed E-state index contributed by atoms with van der Waals surface area (Å²) < 4.78 is 13.5. The smallest absolute Gasteiger partial charge is 0.124 e. The molecule has 1 rings (SSSR count). The van der Waals surface area contributed by atoms with E-state index in [4.69, 9.17) is 5.11 Å². The van der Waals surface area contributed by atoms with Gasteiger partial charge in [0, 0.05) is 18.2 Å². The van der Waals surface area contributed by atoms with E-state index in [1.807, 2.05) is 6.07 Å². The van der Waals surface area contributed by atoms with Crippen molar-refractivity contribution in [3.05, 3.63) is 35.1 Å². The highest BCUT2D eigenvalue weighted by atomic mass is 19.1. The van der Waals surface area contributed by atoms with Crippen molar-refractivity contribution in [2.45, 2.75) is 39.8 Å². The molecule has 0 bridgehead atoms. The first-order chi connectivity index (χ1) is 9.10. The molecule has 0 saturated heterocycles. The van der Waals surface area contributed by atoms with Crippen LogP contribution >= 0.6 is 0 Å². The SMILES string of the molecule is CCC(C)N(CC)Cc1cc(F)cc(C#CCO)c1. The summed E-state index contributed by atoms with van der Waals surface area (Å²) >= 11 is 0. The Morgan fingerprint density at radius 3 is 2.63 bits per heavy atom. The standard InChI is InChI=1S/C16H22FNO/c1-4-13(3)18(5-2)12-15-9-14(7-6-8-19)10-16(17)11-15/h9-11,13,19H,4-5,8,12H2,1-3H3. The molecule has 0 aromatic heterocycles. The second-order valence-electron chi connectivity index (χ2n) is 4.63. The van der Waals surface area contributed by atoms with Crippen molar-refractivity contribution in [2.75, 3.05) is 13.2 Å². The van der Waals surface area contributed by atoms with E-state index in [-0.39, 0.29) is 12.4 Å². The molecule has 0 fully saturated rings. The quantitative estimate of drug-likeness (QED) is 0.826. The van der Waals surface area contributed by atoms with Gasteiger partial charge in [0.1, 0.15) is 12.4 Å². The average molecular weight is 263 g/mol. The van der Waals surface area contributed by atoms with Crippen molar-refractivity contribution in [3.8, 4) is 11.8 Å². The monoisotopic (exact) mass is 263 g/mol. The Kier molecular flexibility index (Phi) is 6.55. The molecule has 0 aliphatic rings. The van der Waals surface area contributed by atoms with Crippen LogP contribution in [0.25, 0.3) is 0 Å². The van der Waals surface area contributed by atoms with Gasteiger partial charge in [-0.3, -0.25) is 4.90 Å². The molecule has 0 saturated carbocycles. The number of rotatable bonds is 5. The fourth-order valence-electron chi connectivity index (χ4n) is 2.03. The number of hydrogen-bond acceptors (Lipinski definition) is 2. The lowest BCUT2D eigenvalue weighted by molar-refractivity contribution is 0.206. The summed E-state index contributed by atoms with van der Waals surface area (Å²) in [4.78, 5) is 2.30. The minimum Gasteiger partial charge on any atom is -0.384 e. The minimum absolute atomic E-state index is 0.209. The van der Waals surface area contributed by atoms with Gasteiger partial charge in [0.2, 0.25) is 0 Å². The number of aliphatic hydroxyl groups excluding tert-OH is 1. The Hall–Kier alpha value is -1.37. The molecule has 1 N–H and O–H groups in total. The molecule has 104 valence electrons. The fraction of sp³-hybridized carbons (Fsp3) is 0.500. The van der Waals surface area contributed by atoms with Gasteiger partial charge in [0.05, 0.1) is 0 Å². The first-order valence-corrected chi connectivity index (χ1v) is 6.73. The Morgan fingerprint density at radius 1 is 1.32 bits per heavy atom. The predicted octanol–water partition coefficient (Wildman–Crippen LogP) is 2.79. The van der Waals surface area contributed by atoms with E-state index < -0.39 is 0 Å². The van der Waals surface area contributed by atoms with Gasteiger partial charge in [-0.05, 0) is 43.7 Å². The highest BCUT2D eigenvalue weighted by Gasteiger charge is 2.11. The molecule has 1 unspecified atom stereocenters. The van der Waals surface area contributed by atoms with E-state index in [9.17, 15) is 4.39 Å². The average Bonchev–Trinajstić information content (AvgIpc) is 2.41. The highest BCUT2D eigenvalue weighted by Crippen LogP contribution is 2.14. The molecule has 2 nitrogen and oxygen atoms in total. The Labute approximate surface area is 115 Å². The van der Waals surface area contributed by atoms with Crippen molar-refractivity contribution in [1.82, 2.24) is 4.90 Å². The molecule has 0 amide bonds. The van der Waals surface area contributed by atoms with Crippen LogP contribution in [0.4, 0.5) is 4.39 Å². The molecule has 0 spiro atoms. The molecule has 3 heteroatoms. The summed E-state index contributed by atoms with van der Waals surface area (Å²) in [7, 11) is 0. The van der Waals surface area contributed by atoms with Crippen LogP contribution in [0.3, 0.4) is 0 Å². The second kappa shape index (κ2) is 7.93. The number of hydrogen-bond donors (Lipinski definition) is 1. The molecule has 19 heavy (non-hydrogen) atoms. The Balaban J connectivity index is 2.91. The van der Waals surface area contributed by atoms with E-state index in [0.717, 1.165) is 25.1 Å². The number of aliphatic hydroxyl groups is 1. The molecule has 1 aromatic carbocycles. The molecule has 0 radical (unpaired) electrons. The highest BCUT2D eigenvalue weighted by molar-refractivity contribution is 5.37. The zero-order chi connectivity index (χ0) is 14.3. The molecule has 1 aromatic rings. The lowest BCUT2D eigenvalue weighted by atomic mass is 10.1. The fourth-order valence-corrected chi connectivity index (χ4v) is 2.03. The van der Waals surface area contributed by atoms with Crippen molar-refractivity contribution in [3.63, 3.8) is 0 Å². The molecule has 0 aliphatic heterocycles. The van der Waals surface area contributed by atoms with Gasteiger partial charge in [-0.1, -0.05) is 25.7 Å². The first-order valence-electron chi connectivity index (χ1n) is 6.73. The lowest BCUT2D eigenvalue weighted by Crippen LogP contribution is -2.31. The maximum atomic E-state index is 13.5. The summed E-state index contributed by atoms with van der Waals surface area (Å²) in [6, 6.07) is 5.30. The molecule has 0 heterocycles. The van der Waals surface area contributed by atoms with Gasteiger partial charge in [0.25, 0.3) is 0 Å². The zero-order valence-electron chi connectivity index (χ0n) is 11.9. The van der Waals surface area contributed by atoms with Crippen molar-refractivity contribution in [2.24, 2.45) is 0 Å². The first kappa shape index (κ1) is 15.7. The summed E-state index contributed by atoms with van der Waals surface area (Å²) in [6.07, 6.45) is 1.07. The third-order valence-electron chi connectivity index (χ3n) is 3.28. The summed E-state index contributed by atoms with van der Waals surface area (Å²) in [5, 5.41) is 8.68. The summed E-state index contributed by atoms with van der Waals surface area (Å²) in [6.45, 7) is 7.88.